The van der Waals surface area contributed by atoms with Crippen LogP contribution in [0.25, 0.3) is 0 Å². The average Bonchev–Trinajstić information content (AvgIpc) is 2.68. The molecular weight excluding hydrogens is 348 g/mol. The number of benzene rings is 1. The maximum Gasteiger partial charge on any atom is 0.168 e. The van der Waals surface area contributed by atoms with Gasteiger partial charge in [-0.1, -0.05) is 17.8 Å². The van der Waals surface area contributed by atoms with E-state index in [0.29, 0.717) is 13.3 Å². The normalized spacial score (nSPS) is 17.7. The molecule has 6 nitrogen and oxygen atoms in total. The number of aromatic nitrogens is 2. The van der Waals surface area contributed by atoms with Crippen molar-refractivity contribution >= 4 is 29.6 Å². The molecule has 2 radical (unpaired) electrons. The van der Waals surface area contributed by atoms with Crippen LogP contribution in [0.15, 0.2) is 40.5 Å². The molecular formula is C19H20N4O2S. The molecule has 0 atom stereocenters. The van der Waals surface area contributed by atoms with Crippen molar-refractivity contribution in [3.63, 3.8) is 0 Å². The topological polar surface area (TPSA) is 58.6 Å². The summed E-state index contributed by atoms with van der Waals surface area (Å²) >= 11 is 1.63. The number of methoxy groups -OCH3 is 1. The van der Waals surface area contributed by atoms with Crippen molar-refractivity contribution in [1.29, 1.82) is 0 Å². The monoisotopic (exact) mass is 368 g/mol. The third-order valence-electron chi connectivity index (χ3n) is 4.50. The van der Waals surface area contributed by atoms with E-state index in [9.17, 15) is 4.79 Å². The Morgan fingerprint density at radius 3 is 3.04 bits per heavy atom. The summed E-state index contributed by atoms with van der Waals surface area (Å²) in [4.78, 5) is 25.5. The van der Waals surface area contributed by atoms with Crippen molar-refractivity contribution < 1.29 is 9.53 Å². The number of anilines is 2. The number of carbonyl (C=O) groups excluding carboxylic acids is 1. The SMILES string of the molecule is COCN1c2cc(CN3CC[CH][C](C=O)C3)ccc2Sc2nccnc21. The summed E-state index contributed by atoms with van der Waals surface area (Å²) in [7, 11) is 1.68. The van der Waals surface area contributed by atoms with Crippen LogP contribution in [0.5, 0.6) is 0 Å². The Balaban J connectivity index is 1.60. The molecule has 0 saturated carbocycles. The van der Waals surface area contributed by atoms with Gasteiger partial charge in [0, 0.05) is 37.5 Å². The van der Waals surface area contributed by atoms with Crippen LogP contribution >= 0.6 is 11.8 Å². The van der Waals surface area contributed by atoms with Gasteiger partial charge >= 0.3 is 0 Å². The Morgan fingerprint density at radius 1 is 1.31 bits per heavy atom. The second kappa shape index (κ2) is 7.73. The quantitative estimate of drug-likeness (QED) is 0.752. The number of ether oxygens (including phenoxy) is 1. The summed E-state index contributed by atoms with van der Waals surface area (Å²) in [6, 6.07) is 6.48. The van der Waals surface area contributed by atoms with E-state index in [2.05, 4.69) is 38.0 Å². The molecule has 1 aromatic carbocycles. The lowest BCUT2D eigenvalue weighted by molar-refractivity contribution is -0.106. The first-order chi connectivity index (χ1) is 12.8. The molecule has 2 aliphatic rings. The molecule has 0 unspecified atom stereocenters. The minimum Gasteiger partial charge on any atom is -0.364 e. The van der Waals surface area contributed by atoms with Gasteiger partial charge in [0.25, 0.3) is 0 Å². The second-order valence-electron chi connectivity index (χ2n) is 6.33. The Labute approximate surface area is 157 Å². The number of aldehydes is 1. The predicted molar refractivity (Wildman–Crippen MR) is 100 cm³/mol. The van der Waals surface area contributed by atoms with Gasteiger partial charge in [0.05, 0.1) is 11.6 Å². The Morgan fingerprint density at radius 2 is 2.19 bits per heavy atom. The van der Waals surface area contributed by atoms with E-state index in [1.807, 2.05) is 6.42 Å². The number of carbonyl (C=O) groups is 1. The zero-order valence-electron chi connectivity index (χ0n) is 14.6. The second-order valence-corrected chi connectivity index (χ2v) is 7.36. The molecule has 7 heteroatoms. The first kappa shape index (κ1) is 17.5. The van der Waals surface area contributed by atoms with Gasteiger partial charge in [0.2, 0.25) is 0 Å². The third kappa shape index (κ3) is 3.47. The molecule has 3 heterocycles. The maximum absolute atomic E-state index is 11.1. The van der Waals surface area contributed by atoms with Crippen molar-refractivity contribution in [2.24, 2.45) is 0 Å². The van der Waals surface area contributed by atoms with Gasteiger partial charge in [-0.25, -0.2) is 9.97 Å². The Bertz CT molecular complexity index is 801. The summed E-state index contributed by atoms with van der Waals surface area (Å²) in [5, 5.41) is 0.890. The van der Waals surface area contributed by atoms with E-state index in [0.717, 1.165) is 53.1 Å². The molecule has 0 aliphatic carbocycles. The molecule has 1 fully saturated rings. The van der Waals surface area contributed by atoms with Gasteiger partial charge in [0.15, 0.2) is 5.82 Å². The van der Waals surface area contributed by atoms with Crippen molar-refractivity contribution in [3.05, 3.63) is 48.5 Å². The summed E-state index contributed by atoms with van der Waals surface area (Å²) in [5.41, 5.74) is 2.30. The van der Waals surface area contributed by atoms with Gasteiger partial charge in [0.1, 0.15) is 18.0 Å². The Kier molecular flexibility index (Phi) is 5.19. The van der Waals surface area contributed by atoms with Crippen LogP contribution in [-0.2, 0) is 16.1 Å². The minimum atomic E-state index is 0.421. The lowest BCUT2D eigenvalue weighted by Crippen LogP contribution is -2.34. The highest BCUT2D eigenvalue weighted by Crippen LogP contribution is 2.46. The van der Waals surface area contributed by atoms with Crippen LogP contribution in [0, 0.1) is 12.3 Å². The zero-order valence-corrected chi connectivity index (χ0v) is 15.4. The van der Waals surface area contributed by atoms with Crippen molar-refractivity contribution in [2.75, 3.05) is 31.8 Å². The lowest BCUT2D eigenvalue weighted by atomic mass is 9.99. The van der Waals surface area contributed by atoms with Crippen LogP contribution in [0.2, 0.25) is 0 Å². The number of piperidine rings is 1. The van der Waals surface area contributed by atoms with Crippen molar-refractivity contribution in [3.8, 4) is 0 Å². The van der Waals surface area contributed by atoms with E-state index in [4.69, 9.17) is 4.74 Å². The van der Waals surface area contributed by atoms with Crippen LogP contribution < -0.4 is 4.90 Å². The molecule has 134 valence electrons. The van der Waals surface area contributed by atoms with E-state index >= 15 is 0 Å². The molecule has 0 bridgehead atoms. The molecule has 4 rings (SSSR count). The maximum atomic E-state index is 11.1. The fourth-order valence-electron chi connectivity index (χ4n) is 3.32. The summed E-state index contributed by atoms with van der Waals surface area (Å²) in [5.74, 6) is 1.70. The van der Waals surface area contributed by atoms with Gasteiger partial charge in [-0.05, 0) is 37.1 Å². The smallest absolute Gasteiger partial charge is 0.168 e. The first-order valence-electron chi connectivity index (χ1n) is 8.53. The van der Waals surface area contributed by atoms with Crippen molar-refractivity contribution in [1.82, 2.24) is 14.9 Å². The highest BCUT2D eigenvalue weighted by Gasteiger charge is 2.26. The fourth-order valence-corrected chi connectivity index (χ4v) is 4.31. The molecule has 2 aliphatic heterocycles. The van der Waals surface area contributed by atoms with Crippen LogP contribution in [0.3, 0.4) is 0 Å². The van der Waals surface area contributed by atoms with Crippen LogP contribution in [0.1, 0.15) is 12.0 Å². The standard InChI is InChI=1S/C19H20N4O2S/c1-25-13-23-16-9-14(10-22-8-2-3-15(11-22)12-24)4-5-17(16)26-19-18(23)20-6-7-21-19/h3-7,9,12H,2,8,10-11,13H2,1H3. The highest BCUT2D eigenvalue weighted by molar-refractivity contribution is 7.99. The number of fused-ring (bicyclic) bond motifs is 2. The molecule has 0 amide bonds. The molecule has 0 N–H and O–H groups in total. The highest BCUT2D eigenvalue weighted by atomic mass is 32.2. The molecule has 26 heavy (non-hydrogen) atoms. The van der Waals surface area contributed by atoms with Crippen molar-refractivity contribution in [2.45, 2.75) is 22.9 Å². The number of hydrogen-bond donors (Lipinski definition) is 0. The van der Waals surface area contributed by atoms with E-state index < -0.39 is 0 Å². The number of likely N-dealkylation sites (tertiary alicyclic amines) is 1. The van der Waals surface area contributed by atoms with Gasteiger partial charge in [-0.15, -0.1) is 0 Å². The van der Waals surface area contributed by atoms with Gasteiger partial charge < -0.3 is 9.53 Å². The molecule has 1 aromatic heterocycles. The number of hydrogen-bond acceptors (Lipinski definition) is 7. The van der Waals surface area contributed by atoms with E-state index in [1.54, 1.807) is 31.3 Å². The first-order valence-corrected chi connectivity index (χ1v) is 9.35. The van der Waals surface area contributed by atoms with Crippen LogP contribution in [-0.4, -0.2) is 48.1 Å². The molecule has 2 aromatic rings. The fraction of sp³-hybridized carbons (Fsp3) is 0.316. The minimum absolute atomic E-state index is 0.421. The largest absolute Gasteiger partial charge is 0.364 e. The molecule has 1 saturated heterocycles. The average molecular weight is 368 g/mol. The molecule has 0 spiro atoms. The lowest BCUT2D eigenvalue weighted by Gasteiger charge is -2.32. The predicted octanol–water partition coefficient (Wildman–Crippen LogP) is 2.87. The summed E-state index contributed by atoms with van der Waals surface area (Å²) in [6.07, 6.45) is 7.34. The third-order valence-corrected chi connectivity index (χ3v) is 5.54. The van der Waals surface area contributed by atoms with E-state index in [1.165, 1.54) is 5.56 Å². The van der Waals surface area contributed by atoms with Gasteiger partial charge in [-0.2, -0.15) is 0 Å². The van der Waals surface area contributed by atoms with Crippen LogP contribution in [0.4, 0.5) is 11.5 Å². The number of rotatable bonds is 5. The Hall–Kier alpha value is -1.96. The van der Waals surface area contributed by atoms with Gasteiger partial charge in [-0.3, -0.25) is 9.80 Å². The number of nitrogens with zero attached hydrogens (tertiary/aromatic N) is 4. The summed E-state index contributed by atoms with van der Waals surface area (Å²) in [6.45, 7) is 2.92. The zero-order chi connectivity index (χ0) is 17.9. The van der Waals surface area contributed by atoms with E-state index in [-0.39, 0.29) is 0 Å². The summed E-state index contributed by atoms with van der Waals surface area (Å²) < 4.78 is 5.41.